The van der Waals surface area contributed by atoms with Gasteiger partial charge in [-0.2, -0.15) is 0 Å². The number of hydrogen-bond acceptors (Lipinski definition) is 3. The highest BCUT2D eigenvalue weighted by Crippen LogP contribution is 2.13. The summed E-state index contributed by atoms with van der Waals surface area (Å²) in [5.41, 5.74) is 0.590. The highest BCUT2D eigenvalue weighted by Gasteiger charge is 2.20. The molecule has 0 aliphatic rings. The van der Waals surface area contributed by atoms with Gasteiger partial charge in [0.25, 0.3) is 0 Å². The second-order valence-electron chi connectivity index (χ2n) is 5.55. The molecule has 0 aliphatic heterocycles. The van der Waals surface area contributed by atoms with Gasteiger partial charge in [-0.1, -0.05) is 32.9 Å². The lowest BCUT2D eigenvalue weighted by molar-refractivity contribution is -0.134. The average Bonchev–Trinajstić information content (AvgIpc) is 2.27. The minimum Gasteiger partial charge on any atom is -0.426 e. The fraction of sp³-hybridized carbons (Fsp3) is 0.467. The number of carbonyl (C=O) groups is 2. The van der Waals surface area contributed by atoms with Crippen LogP contribution in [0.5, 0.6) is 5.75 Å². The van der Waals surface area contributed by atoms with E-state index in [0.717, 1.165) is 5.56 Å². The quantitative estimate of drug-likeness (QED) is 0.670. The molecule has 0 unspecified atom stereocenters. The first-order chi connectivity index (χ1) is 8.79. The zero-order valence-electron chi connectivity index (χ0n) is 11.9. The molecule has 104 valence electrons. The summed E-state index contributed by atoms with van der Waals surface area (Å²) in [6, 6.07) is 7.30. The SMILES string of the molecule is Cc1cccc(OC(=O)CCNC(=O)C(C)(C)C)c1. The molecule has 1 N–H and O–H groups in total. The Bertz CT molecular complexity index is 461. The lowest BCUT2D eigenvalue weighted by Gasteiger charge is -2.17. The summed E-state index contributed by atoms with van der Waals surface area (Å²) in [7, 11) is 0. The molecule has 0 atom stereocenters. The molecule has 0 fully saturated rings. The Kier molecular flexibility index (Phi) is 5.10. The fourth-order valence-corrected chi connectivity index (χ4v) is 1.40. The Balaban J connectivity index is 2.35. The summed E-state index contributed by atoms with van der Waals surface area (Å²) in [6.07, 6.45) is 0.162. The Labute approximate surface area is 114 Å². The minimum atomic E-state index is -0.444. The number of hydrogen-bond donors (Lipinski definition) is 1. The van der Waals surface area contributed by atoms with E-state index >= 15 is 0 Å². The first-order valence-corrected chi connectivity index (χ1v) is 6.34. The minimum absolute atomic E-state index is 0.0733. The van der Waals surface area contributed by atoms with Crippen molar-refractivity contribution in [3.05, 3.63) is 29.8 Å². The normalized spacial score (nSPS) is 10.9. The zero-order valence-corrected chi connectivity index (χ0v) is 11.9. The van der Waals surface area contributed by atoms with Crippen molar-refractivity contribution in [3.63, 3.8) is 0 Å². The fourth-order valence-electron chi connectivity index (χ4n) is 1.40. The van der Waals surface area contributed by atoms with Crippen molar-refractivity contribution in [2.45, 2.75) is 34.1 Å². The summed E-state index contributed by atoms with van der Waals surface area (Å²) in [5.74, 6) is 0.114. The number of aryl methyl sites for hydroxylation is 1. The molecule has 4 nitrogen and oxygen atoms in total. The van der Waals surface area contributed by atoms with E-state index in [2.05, 4.69) is 5.32 Å². The Morgan fingerprint density at radius 1 is 1.26 bits per heavy atom. The van der Waals surface area contributed by atoms with Crippen LogP contribution in [0.4, 0.5) is 0 Å². The van der Waals surface area contributed by atoms with E-state index in [1.165, 1.54) is 0 Å². The van der Waals surface area contributed by atoms with Crippen molar-refractivity contribution in [1.29, 1.82) is 0 Å². The Morgan fingerprint density at radius 3 is 2.53 bits per heavy atom. The topological polar surface area (TPSA) is 55.4 Å². The molecule has 0 aromatic heterocycles. The van der Waals surface area contributed by atoms with Crippen molar-refractivity contribution >= 4 is 11.9 Å². The third-order valence-corrected chi connectivity index (χ3v) is 2.52. The number of esters is 1. The predicted molar refractivity (Wildman–Crippen MR) is 73.9 cm³/mol. The monoisotopic (exact) mass is 263 g/mol. The van der Waals surface area contributed by atoms with Crippen LogP contribution < -0.4 is 10.1 Å². The number of ether oxygens (including phenoxy) is 1. The van der Waals surface area contributed by atoms with Gasteiger partial charge in [0.15, 0.2) is 0 Å². The van der Waals surface area contributed by atoms with Crippen molar-refractivity contribution in [2.24, 2.45) is 5.41 Å². The van der Waals surface area contributed by atoms with Gasteiger partial charge in [0.2, 0.25) is 5.91 Å². The molecule has 0 aliphatic carbocycles. The molecule has 0 radical (unpaired) electrons. The standard InChI is InChI=1S/C15H21NO3/c1-11-6-5-7-12(10-11)19-13(17)8-9-16-14(18)15(2,3)4/h5-7,10H,8-9H2,1-4H3,(H,16,18). The molecule has 19 heavy (non-hydrogen) atoms. The maximum atomic E-state index is 11.6. The largest absolute Gasteiger partial charge is 0.426 e. The summed E-state index contributed by atoms with van der Waals surface area (Å²) in [4.78, 5) is 23.2. The van der Waals surface area contributed by atoms with Crippen molar-refractivity contribution in [3.8, 4) is 5.75 Å². The molecule has 1 aromatic rings. The molecule has 0 bridgehead atoms. The van der Waals surface area contributed by atoms with E-state index in [9.17, 15) is 9.59 Å². The highest BCUT2D eigenvalue weighted by atomic mass is 16.5. The van der Waals surface area contributed by atoms with Crippen LogP contribution >= 0.6 is 0 Å². The van der Waals surface area contributed by atoms with Crippen molar-refractivity contribution in [1.82, 2.24) is 5.32 Å². The van der Waals surface area contributed by atoms with Crippen LogP contribution in [0, 0.1) is 12.3 Å². The zero-order chi connectivity index (χ0) is 14.5. The summed E-state index contributed by atoms with van der Waals surface area (Å²) < 4.78 is 5.17. The third-order valence-electron chi connectivity index (χ3n) is 2.52. The molecule has 4 heteroatoms. The second-order valence-corrected chi connectivity index (χ2v) is 5.55. The van der Waals surface area contributed by atoms with E-state index in [-0.39, 0.29) is 18.3 Å². The van der Waals surface area contributed by atoms with E-state index in [1.807, 2.05) is 39.8 Å². The Hall–Kier alpha value is -1.84. The third kappa shape index (κ3) is 5.55. The number of nitrogens with one attached hydrogen (secondary N) is 1. The van der Waals surface area contributed by atoms with Crippen LogP contribution in [-0.2, 0) is 9.59 Å². The van der Waals surface area contributed by atoms with Crippen LogP contribution in [0.2, 0.25) is 0 Å². The van der Waals surface area contributed by atoms with Crippen LogP contribution in [0.1, 0.15) is 32.8 Å². The molecule has 0 spiro atoms. The summed E-state index contributed by atoms with van der Waals surface area (Å²) in [5, 5.41) is 2.71. The maximum Gasteiger partial charge on any atom is 0.312 e. The van der Waals surface area contributed by atoms with Gasteiger partial charge in [-0.3, -0.25) is 9.59 Å². The van der Waals surface area contributed by atoms with E-state index in [1.54, 1.807) is 12.1 Å². The van der Waals surface area contributed by atoms with Crippen LogP contribution in [0.3, 0.4) is 0 Å². The number of amides is 1. The predicted octanol–water partition coefficient (Wildman–Crippen LogP) is 2.45. The van der Waals surface area contributed by atoms with Crippen LogP contribution in [0.15, 0.2) is 24.3 Å². The van der Waals surface area contributed by atoms with E-state index < -0.39 is 5.41 Å². The number of rotatable bonds is 4. The van der Waals surface area contributed by atoms with Gasteiger partial charge >= 0.3 is 5.97 Å². The average molecular weight is 263 g/mol. The van der Waals surface area contributed by atoms with Crippen molar-refractivity contribution < 1.29 is 14.3 Å². The molecule has 1 amide bonds. The van der Waals surface area contributed by atoms with Gasteiger partial charge in [0, 0.05) is 12.0 Å². The van der Waals surface area contributed by atoms with Crippen molar-refractivity contribution in [2.75, 3.05) is 6.54 Å². The second kappa shape index (κ2) is 6.36. The number of carbonyl (C=O) groups excluding carboxylic acids is 2. The first-order valence-electron chi connectivity index (χ1n) is 6.34. The van der Waals surface area contributed by atoms with Gasteiger partial charge in [-0.05, 0) is 24.6 Å². The maximum absolute atomic E-state index is 11.6. The number of benzene rings is 1. The van der Waals surface area contributed by atoms with Crippen LogP contribution in [0.25, 0.3) is 0 Å². The smallest absolute Gasteiger partial charge is 0.312 e. The Morgan fingerprint density at radius 2 is 1.95 bits per heavy atom. The molecular formula is C15H21NO3. The lowest BCUT2D eigenvalue weighted by atomic mass is 9.96. The molecule has 0 saturated carbocycles. The van der Waals surface area contributed by atoms with Gasteiger partial charge in [-0.25, -0.2) is 0 Å². The molecular weight excluding hydrogens is 242 g/mol. The molecule has 1 rings (SSSR count). The first kappa shape index (κ1) is 15.2. The van der Waals surface area contributed by atoms with Crippen LogP contribution in [-0.4, -0.2) is 18.4 Å². The lowest BCUT2D eigenvalue weighted by Crippen LogP contribution is -2.36. The molecule has 0 saturated heterocycles. The van der Waals surface area contributed by atoms with Gasteiger partial charge in [-0.15, -0.1) is 0 Å². The summed E-state index contributed by atoms with van der Waals surface area (Å²) in [6.45, 7) is 7.70. The van der Waals surface area contributed by atoms with Gasteiger partial charge in [0.1, 0.15) is 5.75 Å². The summed E-state index contributed by atoms with van der Waals surface area (Å²) >= 11 is 0. The highest BCUT2D eigenvalue weighted by molar-refractivity contribution is 5.82. The van der Waals surface area contributed by atoms with Gasteiger partial charge in [0.05, 0.1) is 6.42 Å². The molecule has 1 aromatic carbocycles. The van der Waals surface area contributed by atoms with Gasteiger partial charge < -0.3 is 10.1 Å². The van der Waals surface area contributed by atoms with E-state index in [4.69, 9.17) is 4.74 Å². The molecule has 0 heterocycles. The van der Waals surface area contributed by atoms with E-state index in [0.29, 0.717) is 12.3 Å².